The van der Waals surface area contributed by atoms with Gasteiger partial charge in [-0.2, -0.15) is 0 Å². The smallest absolute Gasteiger partial charge is 0.220 e. The average Bonchev–Trinajstić information content (AvgIpc) is 2.55. The quantitative estimate of drug-likeness (QED) is 0.788. The van der Waals surface area contributed by atoms with E-state index < -0.39 is 0 Å². The van der Waals surface area contributed by atoms with Gasteiger partial charge in [0.05, 0.1) is 6.10 Å². The van der Waals surface area contributed by atoms with Crippen molar-refractivity contribution in [3.8, 4) is 0 Å². The van der Waals surface area contributed by atoms with Crippen molar-refractivity contribution in [3.05, 3.63) is 69.9 Å². The standard InChI is InChI=1S/C18H19BrFNO2/c1-23-17(14-6-4-7-15(20)11-14)12-21-18(22)10-9-13-5-2-3-8-16(13)19/h2-8,11,17H,9-10,12H2,1H3,(H,21,22). The van der Waals surface area contributed by atoms with Gasteiger partial charge in [-0.25, -0.2) is 4.39 Å². The van der Waals surface area contributed by atoms with Crippen molar-refractivity contribution in [2.24, 2.45) is 0 Å². The highest BCUT2D eigenvalue weighted by Crippen LogP contribution is 2.18. The molecule has 1 amide bonds. The van der Waals surface area contributed by atoms with Gasteiger partial charge in [-0.1, -0.05) is 46.3 Å². The van der Waals surface area contributed by atoms with E-state index in [4.69, 9.17) is 4.74 Å². The van der Waals surface area contributed by atoms with Gasteiger partial charge < -0.3 is 10.1 Å². The van der Waals surface area contributed by atoms with Crippen LogP contribution in [-0.4, -0.2) is 19.6 Å². The van der Waals surface area contributed by atoms with E-state index in [0.717, 1.165) is 10.0 Å². The summed E-state index contributed by atoms with van der Waals surface area (Å²) in [5.74, 6) is -0.371. The Hall–Kier alpha value is -1.72. The van der Waals surface area contributed by atoms with E-state index in [0.29, 0.717) is 24.9 Å². The van der Waals surface area contributed by atoms with Gasteiger partial charge in [-0.05, 0) is 35.7 Å². The lowest BCUT2D eigenvalue weighted by Crippen LogP contribution is -2.29. The van der Waals surface area contributed by atoms with Crippen LogP contribution in [0, 0.1) is 5.82 Å². The first-order chi connectivity index (χ1) is 11.1. The summed E-state index contributed by atoms with van der Waals surface area (Å²) in [6.07, 6.45) is 0.686. The van der Waals surface area contributed by atoms with Gasteiger partial charge in [0, 0.05) is 24.5 Å². The van der Waals surface area contributed by atoms with E-state index in [9.17, 15) is 9.18 Å². The number of hydrogen-bond donors (Lipinski definition) is 1. The van der Waals surface area contributed by atoms with E-state index in [-0.39, 0.29) is 17.8 Å². The summed E-state index contributed by atoms with van der Waals surface area (Å²) in [5, 5.41) is 2.84. The van der Waals surface area contributed by atoms with Crippen LogP contribution < -0.4 is 5.32 Å². The molecule has 2 aromatic rings. The molecule has 0 aliphatic heterocycles. The van der Waals surface area contributed by atoms with Crippen LogP contribution >= 0.6 is 15.9 Å². The van der Waals surface area contributed by atoms with Crippen LogP contribution in [0.4, 0.5) is 4.39 Å². The van der Waals surface area contributed by atoms with Crippen LogP contribution in [0.3, 0.4) is 0 Å². The van der Waals surface area contributed by atoms with Gasteiger partial charge in [0.25, 0.3) is 0 Å². The third-order valence-corrected chi connectivity index (χ3v) is 4.34. The number of amides is 1. The summed E-state index contributed by atoms with van der Waals surface area (Å²) in [6.45, 7) is 0.314. The third kappa shape index (κ3) is 5.44. The second-order valence-electron chi connectivity index (χ2n) is 5.17. The Morgan fingerprint density at radius 1 is 1.26 bits per heavy atom. The van der Waals surface area contributed by atoms with E-state index >= 15 is 0 Å². The minimum atomic E-state index is -0.363. The summed E-state index contributed by atoms with van der Waals surface area (Å²) in [4.78, 5) is 12.0. The molecule has 23 heavy (non-hydrogen) atoms. The van der Waals surface area contributed by atoms with Crippen molar-refractivity contribution in [1.29, 1.82) is 0 Å². The molecule has 0 aliphatic rings. The number of hydrogen-bond acceptors (Lipinski definition) is 2. The zero-order chi connectivity index (χ0) is 16.7. The maximum atomic E-state index is 13.3. The number of halogens is 2. The lowest BCUT2D eigenvalue weighted by atomic mass is 10.1. The van der Waals surface area contributed by atoms with E-state index in [2.05, 4.69) is 21.2 Å². The largest absolute Gasteiger partial charge is 0.375 e. The number of rotatable bonds is 7. The van der Waals surface area contributed by atoms with Crippen LogP contribution in [0.2, 0.25) is 0 Å². The van der Waals surface area contributed by atoms with E-state index in [1.807, 2.05) is 24.3 Å². The second kappa shape index (κ2) is 8.79. The molecule has 0 heterocycles. The fourth-order valence-electron chi connectivity index (χ4n) is 2.29. The molecule has 2 aromatic carbocycles. The van der Waals surface area contributed by atoms with Gasteiger partial charge in [0.15, 0.2) is 0 Å². The van der Waals surface area contributed by atoms with Crippen LogP contribution in [0.25, 0.3) is 0 Å². The molecule has 0 bridgehead atoms. The fraction of sp³-hybridized carbons (Fsp3) is 0.278. The molecule has 1 atom stereocenters. The van der Waals surface area contributed by atoms with Crippen LogP contribution in [0.15, 0.2) is 53.0 Å². The zero-order valence-electron chi connectivity index (χ0n) is 12.9. The predicted molar refractivity (Wildman–Crippen MR) is 91.6 cm³/mol. The highest BCUT2D eigenvalue weighted by atomic mass is 79.9. The zero-order valence-corrected chi connectivity index (χ0v) is 14.5. The lowest BCUT2D eigenvalue weighted by molar-refractivity contribution is -0.121. The Bertz CT molecular complexity index is 663. The number of methoxy groups -OCH3 is 1. The van der Waals surface area contributed by atoms with Gasteiger partial charge in [0.1, 0.15) is 5.82 Å². The van der Waals surface area contributed by atoms with E-state index in [1.165, 1.54) is 12.1 Å². The van der Waals surface area contributed by atoms with Gasteiger partial charge in [-0.15, -0.1) is 0 Å². The number of carbonyl (C=O) groups is 1. The number of ether oxygens (including phenoxy) is 1. The monoisotopic (exact) mass is 379 g/mol. The Balaban J connectivity index is 1.84. The number of carbonyl (C=O) groups excluding carboxylic acids is 1. The topological polar surface area (TPSA) is 38.3 Å². The Morgan fingerprint density at radius 2 is 2.04 bits per heavy atom. The number of aryl methyl sites for hydroxylation is 1. The maximum absolute atomic E-state index is 13.3. The molecule has 3 nitrogen and oxygen atoms in total. The first kappa shape index (κ1) is 17.6. The van der Waals surface area contributed by atoms with Gasteiger partial charge >= 0.3 is 0 Å². The molecule has 0 saturated carbocycles. The Kier molecular flexibility index (Phi) is 6.74. The summed E-state index contributed by atoms with van der Waals surface area (Å²) in [7, 11) is 1.54. The molecule has 0 aromatic heterocycles. The van der Waals surface area contributed by atoms with Crippen molar-refractivity contribution < 1.29 is 13.9 Å². The first-order valence-electron chi connectivity index (χ1n) is 7.38. The average molecular weight is 380 g/mol. The normalized spacial score (nSPS) is 12.0. The Morgan fingerprint density at radius 3 is 2.74 bits per heavy atom. The molecule has 0 aliphatic carbocycles. The second-order valence-corrected chi connectivity index (χ2v) is 6.03. The molecule has 2 rings (SSSR count). The molecule has 0 spiro atoms. The molecule has 1 unspecified atom stereocenters. The summed E-state index contributed by atoms with van der Waals surface area (Å²) in [5.41, 5.74) is 1.80. The maximum Gasteiger partial charge on any atom is 0.220 e. The molecule has 0 saturated heterocycles. The highest BCUT2D eigenvalue weighted by molar-refractivity contribution is 9.10. The molecular formula is C18H19BrFNO2. The SMILES string of the molecule is COC(CNC(=O)CCc1ccccc1Br)c1cccc(F)c1. The third-order valence-electron chi connectivity index (χ3n) is 3.57. The molecule has 0 radical (unpaired) electrons. The van der Waals surface area contributed by atoms with Crippen LogP contribution in [-0.2, 0) is 16.0 Å². The van der Waals surface area contributed by atoms with Crippen molar-refractivity contribution in [2.75, 3.05) is 13.7 Å². The number of nitrogens with one attached hydrogen (secondary N) is 1. The minimum Gasteiger partial charge on any atom is -0.375 e. The fourth-order valence-corrected chi connectivity index (χ4v) is 2.77. The van der Waals surface area contributed by atoms with Crippen molar-refractivity contribution in [2.45, 2.75) is 18.9 Å². The molecule has 5 heteroatoms. The molecular weight excluding hydrogens is 361 g/mol. The highest BCUT2D eigenvalue weighted by Gasteiger charge is 2.13. The molecule has 0 fully saturated rings. The van der Waals surface area contributed by atoms with Crippen molar-refractivity contribution in [3.63, 3.8) is 0 Å². The summed E-state index contributed by atoms with van der Waals surface area (Å²) in [6, 6.07) is 14.0. The van der Waals surface area contributed by atoms with Crippen molar-refractivity contribution >= 4 is 21.8 Å². The molecule has 1 N–H and O–H groups in total. The van der Waals surface area contributed by atoms with Gasteiger partial charge in [-0.3, -0.25) is 4.79 Å². The summed E-state index contributed by atoms with van der Waals surface area (Å²) < 4.78 is 19.6. The summed E-state index contributed by atoms with van der Waals surface area (Å²) >= 11 is 3.47. The number of benzene rings is 2. The first-order valence-corrected chi connectivity index (χ1v) is 8.18. The van der Waals surface area contributed by atoms with Crippen LogP contribution in [0.5, 0.6) is 0 Å². The van der Waals surface area contributed by atoms with Crippen LogP contribution in [0.1, 0.15) is 23.7 Å². The predicted octanol–water partition coefficient (Wildman–Crippen LogP) is 4.02. The minimum absolute atomic E-state index is 0.0563. The Labute approximate surface area is 144 Å². The van der Waals surface area contributed by atoms with E-state index in [1.54, 1.807) is 19.2 Å². The molecule has 122 valence electrons. The van der Waals surface area contributed by atoms with Crippen molar-refractivity contribution in [1.82, 2.24) is 5.32 Å². The van der Waals surface area contributed by atoms with Gasteiger partial charge in [0.2, 0.25) is 5.91 Å². The lowest BCUT2D eigenvalue weighted by Gasteiger charge is -2.16.